The monoisotopic (exact) mass is 395 g/mol. The van der Waals surface area contributed by atoms with Gasteiger partial charge < -0.3 is 5.11 Å². The maximum absolute atomic E-state index is 9.51. The van der Waals surface area contributed by atoms with Crippen molar-refractivity contribution in [2.75, 3.05) is 19.7 Å². The smallest absolute Gasteiger partial charge is 0.0468 e. The van der Waals surface area contributed by atoms with Gasteiger partial charge in [-0.25, -0.2) is 0 Å². The maximum atomic E-state index is 9.51. The highest BCUT2D eigenvalue weighted by Crippen LogP contribution is 2.34. The van der Waals surface area contributed by atoms with Gasteiger partial charge in [0.25, 0.3) is 0 Å². The Bertz CT molecular complexity index is 758. The first-order valence-electron chi connectivity index (χ1n) is 8.33. The Labute approximate surface area is 163 Å². The van der Waals surface area contributed by atoms with Crippen molar-refractivity contribution >= 4 is 40.4 Å². The van der Waals surface area contributed by atoms with Crippen molar-refractivity contribution < 1.29 is 5.11 Å². The number of benzene rings is 2. The molecule has 0 aromatic heterocycles. The number of aliphatic hydroxyl groups excluding tert-OH is 1. The van der Waals surface area contributed by atoms with Gasteiger partial charge in [-0.1, -0.05) is 59.1 Å². The van der Waals surface area contributed by atoms with Crippen LogP contribution in [0.15, 0.2) is 48.5 Å². The minimum atomic E-state index is 0.0813. The molecule has 0 fully saturated rings. The van der Waals surface area contributed by atoms with E-state index in [1.54, 1.807) is 6.07 Å². The van der Waals surface area contributed by atoms with Gasteiger partial charge in [0.1, 0.15) is 0 Å². The molecule has 1 N–H and O–H groups in total. The minimum absolute atomic E-state index is 0.0813. The Kier molecular flexibility index (Phi) is 6.43. The van der Waals surface area contributed by atoms with Gasteiger partial charge in [-0.05, 0) is 53.8 Å². The molecule has 1 aliphatic heterocycles. The molecule has 5 heteroatoms. The molecule has 0 saturated heterocycles. The summed E-state index contributed by atoms with van der Waals surface area (Å²) in [6.45, 7) is 1.85. The van der Waals surface area contributed by atoms with Gasteiger partial charge in [0.05, 0.1) is 0 Å². The molecule has 1 heterocycles. The molecule has 25 heavy (non-hydrogen) atoms. The van der Waals surface area contributed by atoms with E-state index < -0.39 is 0 Å². The molecule has 1 atom stereocenters. The Morgan fingerprint density at radius 1 is 1.00 bits per heavy atom. The second-order valence-corrected chi connectivity index (χ2v) is 7.46. The van der Waals surface area contributed by atoms with Crippen LogP contribution in [0.1, 0.15) is 30.0 Å². The standard InChI is InChI=1S/C20H20Cl3NO/c21-16-3-1-14(2-4-16)15-7-10-24(11-8-15)20(9-12-25)18-6-5-17(22)13-19(18)23/h1-7,13,20,25H,8-12H2. The summed E-state index contributed by atoms with van der Waals surface area (Å²) in [6, 6.07) is 13.6. The average molecular weight is 397 g/mol. The van der Waals surface area contributed by atoms with Crippen molar-refractivity contribution in [3.63, 3.8) is 0 Å². The molecule has 2 aromatic rings. The molecule has 0 aliphatic carbocycles. The van der Waals surface area contributed by atoms with Crippen LogP contribution in [-0.2, 0) is 0 Å². The summed E-state index contributed by atoms with van der Waals surface area (Å²) in [6.07, 6.45) is 3.85. The van der Waals surface area contributed by atoms with Gasteiger partial charge in [0.15, 0.2) is 0 Å². The van der Waals surface area contributed by atoms with E-state index in [1.807, 2.05) is 24.3 Å². The third-order valence-electron chi connectivity index (χ3n) is 4.62. The van der Waals surface area contributed by atoms with Crippen molar-refractivity contribution in [2.45, 2.75) is 18.9 Å². The normalized spacial score (nSPS) is 16.6. The molecule has 0 amide bonds. The first-order valence-corrected chi connectivity index (χ1v) is 9.46. The van der Waals surface area contributed by atoms with Crippen LogP contribution in [0.25, 0.3) is 5.57 Å². The molecule has 2 aromatic carbocycles. The van der Waals surface area contributed by atoms with Crippen LogP contribution in [0.4, 0.5) is 0 Å². The first-order chi connectivity index (χ1) is 12.1. The highest BCUT2D eigenvalue weighted by atomic mass is 35.5. The Morgan fingerprint density at radius 3 is 2.32 bits per heavy atom. The number of hydrogen-bond donors (Lipinski definition) is 1. The summed E-state index contributed by atoms with van der Waals surface area (Å²) in [5.41, 5.74) is 3.56. The fourth-order valence-corrected chi connectivity index (χ4v) is 3.98. The van der Waals surface area contributed by atoms with E-state index in [1.165, 1.54) is 11.1 Å². The Hall–Kier alpha value is -1.03. The highest BCUT2D eigenvalue weighted by molar-refractivity contribution is 6.35. The van der Waals surface area contributed by atoms with E-state index in [0.717, 1.165) is 30.1 Å². The SMILES string of the molecule is OCCC(c1ccc(Cl)cc1Cl)N1CC=C(c2ccc(Cl)cc2)CC1. The fraction of sp³-hybridized carbons (Fsp3) is 0.300. The lowest BCUT2D eigenvalue weighted by atomic mass is 9.96. The number of hydrogen-bond acceptors (Lipinski definition) is 2. The third-order valence-corrected chi connectivity index (χ3v) is 5.43. The number of nitrogens with zero attached hydrogens (tertiary/aromatic N) is 1. The summed E-state index contributed by atoms with van der Waals surface area (Å²) in [4.78, 5) is 2.35. The number of aliphatic hydroxyl groups is 1. The molecule has 2 nitrogen and oxygen atoms in total. The van der Waals surface area contributed by atoms with Crippen LogP contribution in [0.5, 0.6) is 0 Å². The largest absolute Gasteiger partial charge is 0.396 e. The lowest BCUT2D eigenvalue weighted by Gasteiger charge is -2.34. The predicted molar refractivity (Wildman–Crippen MR) is 107 cm³/mol. The van der Waals surface area contributed by atoms with Crippen LogP contribution in [-0.4, -0.2) is 29.7 Å². The molecule has 0 saturated carbocycles. The topological polar surface area (TPSA) is 23.5 Å². The average Bonchev–Trinajstić information content (AvgIpc) is 2.61. The van der Waals surface area contributed by atoms with E-state index >= 15 is 0 Å². The lowest BCUT2D eigenvalue weighted by molar-refractivity contribution is 0.170. The van der Waals surface area contributed by atoms with Crippen LogP contribution >= 0.6 is 34.8 Å². The fourth-order valence-electron chi connectivity index (χ4n) is 3.32. The molecule has 1 aliphatic rings. The number of halogens is 3. The number of rotatable bonds is 5. The zero-order chi connectivity index (χ0) is 17.8. The van der Waals surface area contributed by atoms with Crippen LogP contribution in [0, 0.1) is 0 Å². The van der Waals surface area contributed by atoms with Crippen molar-refractivity contribution in [1.82, 2.24) is 4.90 Å². The summed E-state index contributed by atoms with van der Waals surface area (Å²) in [7, 11) is 0. The molecule has 0 spiro atoms. The highest BCUT2D eigenvalue weighted by Gasteiger charge is 2.24. The quantitative estimate of drug-likeness (QED) is 0.684. The van der Waals surface area contributed by atoms with Gasteiger partial charge in [-0.15, -0.1) is 0 Å². The second kappa shape index (κ2) is 8.57. The molecule has 0 radical (unpaired) electrons. The zero-order valence-corrected chi connectivity index (χ0v) is 16.0. The lowest BCUT2D eigenvalue weighted by Crippen LogP contribution is -2.33. The molecule has 132 valence electrons. The van der Waals surface area contributed by atoms with Crippen molar-refractivity contribution in [2.24, 2.45) is 0 Å². The molecular formula is C20H20Cl3NO. The van der Waals surface area contributed by atoms with Gasteiger partial charge in [-0.2, -0.15) is 0 Å². The Balaban J connectivity index is 1.79. The van der Waals surface area contributed by atoms with E-state index in [-0.39, 0.29) is 12.6 Å². The van der Waals surface area contributed by atoms with Gasteiger partial charge in [0, 0.05) is 40.8 Å². The zero-order valence-electron chi connectivity index (χ0n) is 13.8. The summed E-state index contributed by atoms with van der Waals surface area (Å²) in [5, 5.41) is 11.5. The van der Waals surface area contributed by atoms with E-state index in [0.29, 0.717) is 16.5 Å². The van der Waals surface area contributed by atoms with Crippen molar-refractivity contribution in [3.05, 3.63) is 74.7 Å². The van der Waals surface area contributed by atoms with Crippen LogP contribution < -0.4 is 0 Å². The molecule has 3 rings (SSSR count). The molecule has 0 bridgehead atoms. The first kappa shape index (κ1) is 18.8. The molecule has 1 unspecified atom stereocenters. The Morgan fingerprint density at radius 2 is 1.72 bits per heavy atom. The summed E-state index contributed by atoms with van der Waals surface area (Å²) >= 11 is 18.4. The van der Waals surface area contributed by atoms with E-state index in [9.17, 15) is 5.11 Å². The van der Waals surface area contributed by atoms with Gasteiger partial charge in [-0.3, -0.25) is 4.90 Å². The van der Waals surface area contributed by atoms with Gasteiger partial charge in [0.2, 0.25) is 0 Å². The van der Waals surface area contributed by atoms with Crippen LogP contribution in [0.3, 0.4) is 0 Å². The minimum Gasteiger partial charge on any atom is -0.396 e. The predicted octanol–water partition coefficient (Wildman–Crippen LogP) is 5.86. The van der Waals surface area contributed by atoms with Crippen molar-refractivity contribution in [3.8, 4) is 0 Å². The molecular weight excluding hydrogens is 377 g/mol. The van der Waals surface area contributed by atoms with E-state index in [4.69, 9.17) is 34.8 Å². The second-order valence-electron chi connectivity index (χ2n) is 6.18. The van der Waals surface area contributed by atoms with Crippen molar-refractivity contribution in [1.29, 1.82) is 0 Å². The summed E-state index contributed by atoms with van der Waals surface area (Å²) in [5.74, 6) is 0. The third kappa shape index (κ3) is 4.58. The maximum Gasteiger partial charge on any atom is 0.0468 e. The van der Waals surface area contributed by atoms with Crippen LogP contribution in [0.2, 0.25) is 15.1 Å². The summed E-state index contributed by atoms with van der Waals surface area (Å²) < 4.78 is 0. The van der Waals surface area contributed by atoms with Gasteiger partial charge >= 0.3 is 0 Å². The van der Waals surface area contributed by atoms with E-state index in [2.05, 4.69) is 23.1 Å².